The van der Waals surface area contributed by atoms with E-state index in [-0.39, 0.29) is 4.90 Å². The largest absolute Gasteiger partial charge is 0.368 e. The Labute approximate surface area is 132 Å². The van der Waals surface area contributed by atoms with Crippen molar-refractivity contribution < 1.29 is 8.42 Å². The van der Waals surface area contributed by atoms with E-state index in [0.29, 0.717) is 6.42 Å². The van der Waals surface area contributed by atoms with Crippen molar-refractivity contribution in [3.05, 3.63) is 72.1 Å². The van der Waals surface area contributed by atoms with Crippen LogP contribution in [0.25, 0.3) is 0 Å². The van der Waals surface area contributed by atoms with Crippen LogP contribution in [-0.2, 0) is 16.4 Å². The molecule has 4 nitrogen and oxygen atoms in total. The third-order valence-electron chi connectivity index (χ3n) is 3.04. The molecule has 0 spiro atoms. The Morgan fingerprint density at radius 1 is 1.09 bits per heavy atom. The van der Waals surface area contributed by atoms with Crippen LogP contribution < -0.4 is 0 Å². The van der Waals surface area contributed by atoms with E-state index in [0.717, 1.165) is 16.7 Å². The average molecular weight is 315 g/mol. The highest BCUT2D eigenvalue weighted by Gasteiger charge is 2.12. The van der Waals surface area contributed by atoms with E-state index in [1.165, 1.54) is 6.34 Å². The second-order valence-corrected chi connectivity index (χ2v) is 6.93. The van der Waals surface area contributed by atoms with E-state index < -0.39 is 10.0 Å². The van der Waals surface area contributed by atoms with Crippen LogP contribution in [0.15, 0.2) is 57.8 Å². The Balaban J connectivity index is 2.25. The van der Waals surface area contributed by atoms with Gasteiger partial charge in [-0.25, -0.2) is 0 Å². The summed E-state index contributed by atoms with van der Waals surface area (Å²) in [7, 11) is -0.211. The summed E-state index contributed by atoms with van der Waals surface area (Å²) in [4.78, 5) is 1.79. The van der Waals surface area contributed by atoms with Crippen LogP contribution in [0.2, 0.25) is 0 Å². The minimum absolute atomic E-state index is 0.205. The van der Waals surface area contributed by atoms with Crippen molar-refractivity contribution in [3.8, 4) is 0 Å². The zero-order chi connectivity index (χ0) is 16.2. The molecule has 0 amide bonds. The van der Waals surface area contributed by atoms with Crippen LogP contribution in [0.4, 0.5) is 0 Å². The van der Waals surface area contributed by atoms with Gasteiger partial charge in [0.25, 0.3) is 10.0 Å². The van der Waals surface area contributed by atoms with Gasteiger partial charge >= 0.3 is 0 Å². The predicted octanol–water partition coefficient (Wildman–Crippen LogP) is 2.74. The van der Waals surface area contributed by atoms with Crippen molar-refractivity contribution in [2.24, 2.45) is 4.40 Å². The van der Waals surface area contributed by atoms with Crippen molar-refractivity contribution in [3.63, 3.8) is 0 Å². The molecule has 2 aromatic carbocycles. The Morgan fingerprint density at radius 2 is 1.77 bits per heavy atom. The molecular formula is C17H19N2O2S. The Morgan fingerprint density at radius 3 is 2.41 bits per heavy atom. The SMILES string of the molecule is [CH2]c1ccc(Cc2cccc(S(=O)(=O)N=CN(C)C)c2)cc1. The van der Waals surface area contributed by atoms with E-state index in [1.807, 2.05) is 30.3 Å². The lowest BCUT2D eigenvalue weighted by Crippen LogP contribution is -2.10. The van der Waals surface area contributed by atoms with Gasteiger partial charge in [0.15, 0.2) is 0 Å². The second-order valence-electron chi connectivity index (χ2n) is 5.30. The van der Waals surface area contributed by atoms with Gasteiger partial charge in [-0.1, -0.05) is 36.4 Å². The van der Waals surface area contributed by atoms with Crippen molar-refractivity contribution in [2.45, 2.75) is 11.3 Å². The third-order valence-corrected chi connectivity index (χ3v) is 4.27. The number of sulfonamides is 1. The van der Waals surface area contributed by atoms with Gasteiger partial charge < -0.3 is 4.90 Å². The molecule has 0 aliphatic carbocycles. The Bertz CT molecular complexity index is 764. The number of hydrogen-bond acceptors (Lipinski definition) is 2. The summed E-state index contributed by atoms with van der Waals surface area (Å²) < 4.78 is 28.0. The topological polar surface area (TPSA) is 49.7 Å². The van der Waals surface area contributed by atoms with Crippen LogP contribution >= 0.6 is 0 Å². The zero-order valence-electron chi connectivity index (χ0n) is 12.7. The molecule has 0 bridgehead atoms. The fourth-order valence-electron chi connectivity index (χ4n) is 1.93. The van der Waals surface area contributed by atoms with Crippen LogP contribution in [0.1, 0.15) is 16.7 Å². The maximum absolute atomic E-state index is 12.2. The lowest BCUT2D eigenvalue weighted by atomic mass is 10.0. The van der Waals surface area contributed by atoms with Gasteiger partial charge in [-0.15, -0.1) is 4.40 Å². The number of nitrogens with zero attached hydrogens (tertiary/aromatic N) is 2. The van der Waals surface area contributed by atoms with Gasteiger partial charge in [0.2, 0.25) is 0 Å². The fraction of sp³-hybridized carbons (Fsp3) is 0.176. The highest BCUT2D eigenvalue weighted by atomic mass is 32.2. The van der Waals surface area contributed by atoms with Crippen LogP contribution in [0.5, 0.6) is 0 Å². The highest BCUT2D eigenvalue weighted by Crippen LogP contribution is 2.17. The third kappa shape index (κ3) is 4.43. The smallest absolute Gasteiger partial charge is 0.283 e. The Kier molecular flexibility index (Phi) is 4.98. The molecule has 0 unspecified atom stereocenters. The van der Waals surface area contributed by atoms with Gasteiger partial charge in [-0.3, -0.25) is 0 Å². The second kappa shape index (κ2) is 6.75. The number of hydrogen-bond donors (Lipinski definition) is 0. The van der Waals surface area contributed by atoms with Gasteiger partial charge in [-0.2, -0.15) is 8.42 Å². The minimum atomic E-state index is -3.66. The standard InChI is InChI=1S/C17H19N2O2S/c1-14-7-9-15(10-8-14)11-16-5-4-6-17(12-16)22(20,21)18-13-19(2)3/h4-10,12-13H,1,11H2,2-3H3. The quantitative estimate of drug-likeness (QED) is 0.630. The molecule has 2 rings (SSSR count). The molecule has 0 atom stereocenters. The molecule has 0 aromatic heterocycles. The molecule has 0 fully saturated rings. The van der Waals surface area contributed by atoms with Gasteiger partial charge in [0.1, 0.15) is 6.34 Å². The average Bonchev–Trinajstić information content (AvgIpc) is 2.48. The molecule has 0 saturated carbocycles. The molecular weight excluding hydrogens is 296 g/mol. The van der Waals surface area contributed by atoms with Crippen molar-refractivity contribution >= 4 is 16.4 Å². The monoisotopic (exact) mass is 315 g/mol. The summed E-state index contributed by atoms with van der Waals surface area (Å²) in [5.41, 5.74) is 3.00. The lowest BCUT2D eigenvalue weighted by molar-refractivity contribution is 0.594. The van der Waals surface area contributed by atoms with Gasteiger partial charge in [-0.05, 0) is 42.2 Å². The maximum Gasteiger partial charge on any atom is 0.283 e. The van der Waals surface area contributed by atoms with Crippen molar-refractivity contribution in [1.82, 2.24) is 4.90 Å². The van der Waals surface area contributed by atoms with E-state index >= 15 is 0 Å². The summed E-state index contributed by atoms with van der Waals surface area (Å²) >= 11 is 0. The first-order valence-electron chi connectivity index (χ1n) is 6.83. The summed E-state index contributed by atoms with van der Waals surface area (Å²) in [6.07, 6.45) is 1.95. The first-order valence-corrected chi connectivity index (χ1v) is 8.27. The highest BCUT2D eigenvalue weighted by molar-refractivity contribution is 7.90. The predicted molar refractivity (Wildman–Crippen MR) is 89.5 cm³/mol. The minimum Gasteiger partial charge on any atom is -0.368 e. The molecule has 0 heterocycles. The molecule has 1 radical (unpaired) electrons. The molecule has 22 heavy (non-hydrogen) atoms. The number of benzene rings is 2. The molecule has 0 aliphatic rings. The van der Waals surface area contributed by atoms with Crippen molar-refractivity contribution in [2.75, 3.05) is 14.1 Å². The maximum atomic E-state index is 12.2. The number of rotatable bonds is 5. The van der Waals surface area contributed by atoms with Crippen LogP contribution in [0, 0.1) is 6.92 Å². The summed E-state index contributed by atoms with van der Waals surface area (Å²) in [6, 6.07) is 14.7. The molecule has 115 valence electrons. The van der Waals surface area contributed by atoms with Crippen molar-refractivity contribution in [1.29, 1.82) is 0 Å². The van der Waals surface area contributed by atoms with E-state index in [9.17, 15) is 8.42 Å². The molecule has 2 aromatic rings. The van der Waals surface area contributed by atoms with Crippen LogP contribution in [-0.4, -0.2) is 33.8 Å². The Hall–Kier alpha value is -2.14. The molecule has 0 N–H and O–H groups in total. The van der Waals surface area contributed by atoms with Crippen LogP contribution in [0.3, 0.4) is 0 Å². The summed E-state index contributed by atoms with van der Waals surface area (Å²) in [5.74, 6) is 0. The molecule has 5 heteroatoms. The normalized spacial score (nSPS) is 11.8. The zero-order valence-corrected chi connectivity index (χ0v) is 13.5. The summed E-state index contributed by atoms with van der Waals surface area (Å²) in [6.45, 7) is 3.85. The van der Waals surface area contributed by atoms with Gasteiger partial charge in [0, 0.05) is 14.1 Å². The fourth-order valence-corrected chi connectivity index (χ4v) is 2.91. The molecule has 0 aliphatic heterocycles. The first-order chi connectivity index (χ1) is 10.4. The van der Waals surface area contributed by atoms with Gasteiger partial charge in [0.05, 0.1) is 4.90 Å². The lowest BCUT2D eigenvalue weighted by Gasteiger charge is -2.06. The first kappa shape index (κ1) is 16.2. The van der Waals surface area contributed by atoms with E-state index in [4.69, 9.17) is 0 Å². The molecule has 0 saturated heterocycles. The van der Waals surface area contributed by atoms with E-state index in [1.54, 1.807) is 37.2 Å². The van der Waals surface area contributed by atoms with E-state index in [2.05, 4.69) is 11.3 Å². The summed E-state index contributed by atoms with van der Waals surface area (Å²) in [5, 5.41) is 0.